The largest absolute Gasteiger partial charge is 0.378 e. The van der Waals surface area contributed by atoms with Crippen LogP contribution in [0.2, 0.25) is 0 Å². The molecule has 0 radical (unpaired) electrons. The molecule has 0 bridgehead atoms. The second-order valence-corrected chi connectivity index (χ2v) is 6.58. The summed E-state index contributed by atoms with van der Waals surface area (Å²) in [5, 5.41) is 0. The number of carbonyl (C=O) groups excluding carboxylic acids is 1. The first kappa shape index (κ1) is 18.7. The van der Waals surface area contributed by atoms with Crippen LogP contribution in [0.5, 0.6) is 0 Å². The highest BCUT2D eigenvalue weighted by atomic mass is 16.2. The van der Waals surface area contributed by atoms with E-state index in [0.29, 0.717) is 11.7 Å². The quantitative estimate of drug-likeness (QED) is 0.758. The first-order chi connectivity index (χ1) is 13.0. The van der Waals surface area contributed by atoms with Crippen LogP contribution in [0.25, 0.3) is 6.08 Å². The number of nitrogens with zero attached hydrogens (tertiary/aromatic N) is 4. The molecule has 0 atom stereocenters. The summed E-state index contributed by atoms with van der Waals surface area (Å²) in [4.78, 5) is 23.2. The van der Waals surface area contributed by atoms with Gasteiger partial charge in [-0.1, -0.05) is 30.3 Å². The molecule has 5 nitrogen and oxygen atoms in total. The average molecular weight is 362 g/mol. The Bertz CT molecular complexity index is 850. The van der Waals surface area contributed by atoms with E-state index in [9.17, 15) is 4.79 Å². The van der Waals surface area contributed by atoms with Crippen LogP contribution in [0.3, 0.4) is 0 Å². The number of anilines is 2. The fourth-order valence-electron chi connectivity index (χ4n) is 3.10. The van der Waals surface area contributed by atoms with E-state index >= 15 is 0 Å². The van der Waals surface area contributed by atoms with Crippen molar-refractivity contribution in [3.63, 3.8) is 0 Å². The molecule has 3 rings (SSSR count). The van der Waals surface area contributed by atoms with Gasteiger partial charge in [0.2, 0.25) is 5.96 Å². The minimum absolute atomic E-state index is 0.211. The molecule has 0 saturated heterocycles. The van der Waals surface area contributed by atoms with Gasteiger partial charge in [-0.25, -0.2) is 0 Å². The first-order valence-corrected chi connectivity index (χ1v) is 9.27. The molecule has 5 heteroatoms. The summed E-state index contributed by atoms with van der Waals surface area (Å²) in [6, 6.07) is 18.1. The highest BCUT2D eigenvalue weighted by Gasteiger charge is 2.33. The normalized spacial score (nSPS) is 15.3. The Morgan fingerprint density at radius 1 is 0.963 bits per heavy atom. The second kappa shape index (κ2) is 8.08. The van der Waals surface area contributed by atoms with Crippen molar-refractivity contribution in [3.8, 4) is 0 Å². The van der Waals surface area contributed by atoms with Crippen LogP contribution in [-0.4, -0.2) is 44.0 Å². The summed E-state index contributed by atoms with van der Waals surface area (Å²) in [7, 11) is 4.02. The molecule has 140 valence electrons. The lowest BCUT2D eigenvalue weighted by molar-refractivity contribution is -0.113. The summed E-state index contributed by atoms with van der Waals surface area (Å²) in [6.45, 7) is 5.72. The number of carbonyl (C=O) groups is 1. The zero-order valence-electron chi connectivity index (χ0n) is 16.4. The summed E-state index contributed by atoms with van der Waals surface area (Å²) in [5.41, 5.74) is 3.60. The Balaban J connectivity index is 2.03. The standard InChI is InChI=1S/C22H26N4O/c1-5-25(6-2)22-23-21(27)20(26(22)19-10-8-7-9-11-19)16-17-12-14-18(15-13-17)24(3)4/h7-16H,5-6H2,1-4H3/b20-16+. The van der Waals surface area contributed by atoms with Crippen molar-refractivity contribution in [3.05, 3.63) is 65.9 Å². The van der Waals surface area contributed by atoms with E-state index in [1.165, 1.54) is 0 Å². The van der Waals surface area contributed by atoms with Crippen LogP contribution in [0.4, 0.5) is 11.4 Å². The van der Waals surface area contributed by atoms with E-state index in [0.717, 1.165) is 30.0 Å². The zero-order chi connectivity index (χ0) is 19.4. The van der Waals surface area contributed by atoms with E-state index in [1.807, 2.05) is 79.7 Å². The number of rotatable bonds is 5. The predicted octanol–water partition coefficient (Wildman–Crippen LogP) is 3.84. The summed E-state index contributed by atoms with van der Waals surface area (Å²) in [6.07, 6.45) is 1.91. The van der Waals surface area contributed by atoms with Crippen molar-refractivity contribution < 1.29 is 4.79 Å². The number of guanidine groups is 1. The number of hydrogen-bond donors (Lipinski definition) is 0. The average Bonchev–Trinajstić information content (AvgIpc) is 3.00. The Morgan fingerprint density at radius 2 is 1.59 bits per heavy atom. The lowest BCUT2D eigenvalue weighted by Crippen LogP contribution is -2.41. The van der Waals surface area contributed by atoms with E-state index in [1.54, 1.807) is 0 Å². The van der Waals surface area contributed by atoms with Crippen LogP contribution in [0, 0.1) is 0 Å². The number of benzene rings is 2. The predicted molar refractivity (Wildman–Crippen MR) is 113 cm³/mol. The molecule has 27 heavy (non-hydrogen) atoms. The third kappa shape index (κ3) is 3.87. The van der Waals surface area contributed by atoms with Gasteiger partial charge < -0.3 is 9.80 Å². The highest BCUT2D eigenvalue weighted by molar-refractivity contribution is 6.22. The van der Waals surface area contributed by atoms with E-state index < -0.39 is 0 Å². The second-order valence-electron chi connectivity index (χ2n) is 6.58. The third-order valence-corrected chi connectivity index (χ3v) is 4.64. The van der Waals surface area contributed by atoms with Crippen molar-refractivity contribution in [1.29, 1.82) is 0 Å². The molecule has 1 aliphatic heterocycles. The zero-order valence-corrected chi connectivity index (χ0v) is 16.4. The van der Waals surface area contributed by atoms with E-state index in [-0.39, 0.29) is 5.91 Å². The number of amides is 1. The molecule has 1 heterocycles. The van der Waals surface area contributed by atoms with Crippen molar-refractivity contribution >= 4 is 29.3 Å². The Kier molecular flexibility index (Phi) is 5.60. The van der Waals surface area contributed by atoms with Gasteiger partial charge in [0.05, 0.1) is 0 Å². The van der Waals surface area contributed by atoms with Crippen LogP contribution in [0.1, 0.15) is 19.4 Å². The Labute approximate surface area is 161 Å². The molecule has 0 spiro atoms. The van der Waals surface area contributed by atoms with E-state index in [2.05, 4.69) is 28.6 Å². The lowest BCUT2D eigenvalue weighted by Gasteiger charge is -2.29. The Hall–Kier alpha value is -3.08. The molecule has 0 N–H and O–H groups in total. The van der Waals surface area contributed by atoms with Gasteiger partial charge in [-0.2, -0.15) is 4.99 Å². The van der Waals surface area contributed by atoms with Gasteiger partial charge in [-0.15, -0.1) is 0 Å². The van der Waals surface area contributed by atoms with Gasteiger partial charge in [-0.3, -0.25) is 9.69 Å². The molecular formula is C22H26N4O. The summed E-state index contributed by atoms with van der Waals surface area (Å²) < 4.78 is 0. The molecule has 0 fully saturated rings. The van der Waals surface area contributed by atoms with Crippen LogP contribution >= 0.6 is 0 Å². The number of para-hydroxylation sites is 1. The summed E-state index contributed by atoms with van der Waals surface area (Å²) in [5.74, 6) is 0.477. The minimum Gasteiger partial charge on any atom is -0.378 e. The molecule has 0 unspecified atom stereocenters. The fraction of sp³-hybridized carbons (Fsp3) is 0.273. The molecular weight excluding hydrogens is 336 g/mol. The first-order valence-electron chi connectivity index (χ1n) is 9.27. The number of hydrogen-bond acceptors (Lipinski definition) is 4. The van der Waals surface area contributed by atoms with Crippen molar-refractivity contribution in [2.45, 2.75) is 13.8 Å². The fourth-order valence-corrected chi connectivity index (χ4v) is 3.10. The van der Waals surface area contributed by atoms with Crippen molar-refractivity contribution in [2.75, 3.05) is 37.0 Å². The minimum atomic E-state index is -0.211. The topological polar surface area (TPSA) is 39.2 Å². The third-order valence-electron chi connectivity index (χ3n) is 4.64. The smallest absolute Gasteiger partial charge is 0.297 e. The SMILES string of the molecule is CCN(CC)C1=NC(=O)/C(=C\c2ccc(N(C)C)cc2)N1c1ccccc1. The van der Waals surface area contributed by atoms with Gasteiger partial charge in [0.15, 0.2) is 0 Å². The molecule has 1 aliphatic rings. The summed E-state index contributed by atoms with van der Waals surface area (Å²) >= 11 is 0. The maximum atomic E-state index is 12.8. The maximum absolute atomic E-state index is 12.8. The molecule has 2 aromatic rings. The van der Waals surface area contributed by atoms with Gasteiger partial charge in [0, 0.05) is 38.6 Å². The van der Waals surface area contributed by atoms with Crippen LogP contribution in [0.15, 0.2) is 65.3 Å². The van der Waals surface area contributed by atoms with Crippen LogP contribution in [-0.2, 0) is 4.79 Å². The van der Waals surface area contributed by atoms with Gasteiger partial charge in [-0.05, 0) is 49.8 Å². The van der Waals surface area contributed by atoms with Gasteiger partial charge >= 0.3 is 0 Å². The highest BCUT2D eigenvalue weighted by Crippen LogP contribution is 2.28. The van der Waals surface area contributed by atoms with Crippen molar-refractivity contribution in [1.82, 2.24) is 4.90 Å². The van der Waals surface area contributed by atoms with Gasteiger partial charge in [0.25, 0.3) is 5.91 Å². The molecule has 2 aromatic carbocycles. The van der Waals surface area contributed by atoms with E-state index in [4.69, 9.17) is 0 Å². The monoisotopic (exact) mass is 362 g/mol. The Morgan fingerprint density at radius 3 is 2.15 bits per heavy atom. The number of aliphatic imine (C=N–C) groups is 1. The van der Waals surface area contributed by atoms with Crippen LogP contribution < -0.4 is 9.80 Å². The molecule has 0 aromatic heterocycles. The molecule has 0 saturated carbocycles. The van der Waals surface area contributed by atoms with Crippen molar-refractivity contribution in [2.24, 2.45) is 4.99 Å². The molecule has 0 aliphatic carbocycles. The van der Waals surface area contributed by atoms with Gasteiger partial charge in [0.1, 0.15) is 5.70 Å². The lowest BCUT2D eigenvalue weighted by atomic mass is 10.1. The molecule has 1 amide bonds. The maximum Gasteiger partial charge on any atom is 0.297 e.